The highest BCUT2D eigenvalue weighted by Gasteiger charge is 2.14. The van der Waals surface area contributed by atoms with Gasteiger partial charge < -0.3 is 20.7 Å². The molecule has 1 heterocycles. The molecule has 0 spiro atoms. The Hall–Kier alpha value is -2.15. The molecule has 1 aromatic heterocycles. The predicted molar refractivity (Wildman–Crippen MR) is 116 cm³/mol. The quantitative estimate of drug-likeness (QED) is 0.580. The Morgan fingerprint density at radius 1 is 1.19 bits per heavy atom. The fraction of sp³-hybridized carbons (Fsp3) is 0.381. The number of fused-ring (bicyclic) bond motifs is 2. The smallest absolute Gasteiger partial charge is 0.198 e. The summed E-state index contributed by atoms with van der Waals surface area (Å²) in [4.78, 5) is 15.7. The standard InChI is InChI=1S/C21H27N3O2S/c1-4-24(5-2)11-10-23-17-8-6-14(13-22)21-19(17)20(25)16-12-15(26-3)7-9-18(16)27-21/h6-9,12,23H,4-5,10-11,13,22H2,1-3H3. The van der Waals surface area contributed by atoms with Gasteiger partial charge in [0, 0.05) is 40.1 Å². The van der Waals surface area contributed by atoms with Gasteiger partial charge in [0.15, 0.2) is 5.43 Å². The fourth-order valence-electron chi connectivity index (χ4n) is 3.31. The number of likely N-dealkylation sites (N-methyl/N-ethyl adjacent to an activating group) is 1. The van der Waals surface area contributed by atoms with Crippen molar-refractivity contribution in [3.63, 3.8) is 0 Å². The zero-order chi connectivity index (χ0) is 19.4. The molecule has 0 saturated heterocycles. The van der Waals surface area contributed by atoms with E-state index >= 15 is 0 Å². The van der Waals surface area contributed by atoms with Crippen LogP contribution in [0.15, 0.2) is 35.1 Å². The first kappa shape index (κ1) is 19.6. The van der Waals surface area contributed by atoms with E-state index in [1.165, 1.54) is 0 Å². The molecule has 0 fully saturated rings. The molecule has 5 nitrogen and oxygen atoms in total. The molecular weight excluding hydrogens is 358 g/mol. The molecule has 0 saturated carbocycles. The van der Waals surface area contributed by atoms with Crippen LogP contribution < -0.4 is 21.2 Å². The van der Waals surface area contributed by atoms with E-state index in [-0.39, 0.29) is 5.43 Å². The van der Waals surface area contributed by atoms with Gasteiger partial charge in [-0.05, 0) is 42.9 Å². The molecule has 3 rings (SSSR count). The lowest BCUT2D eigenvalue weighted by atomic mass is 10.1. The Morgan fingerprint density at radius 3 is 2.63 bits per heavy atom. The van der Waals surface area contributed by atoms with Crippen LogP contribution in [-0.4, -0.2) is 38.2 Å². The van der Waals surface area contributed by atoms with Crippen molar-refractivity contribution < 1.29 is 4.74 Å². The number of nitrogens with two attached hydrogens (primary N) is 1. The largest absolute Gasteiger partial charge is 0.497 e. The lowest BCUT2D eigenvalue weighted by molar-refractivity contribution is 0.316. The molecule has 3 aromatic rings. The molecular formula is C21H27N3O2S. The van der Waals surface area contributed by atoms with Crippen LogP contribution in [0.4, 0.5) is 5.69 Å². The summed E-state index contributed by atoms with van der Waals surface area (Å²) in [5.74, 6) is 0.692. The molecule has 0 bridgehead atoms. The number of nitrogens with one attached hydrogen (secondary N) is 1. The second kappa shape index (κ2) is 8.69. The Bertz CT molecular complexity index is 996. The van der Waals surface area contributed by atoms with E-state index in [1.807, 2.05) is 30.3 Å². The topological polar surface area (TPSA) is 67.6 Å². The Kier molecular flexibility index (Phi) is 6.31. The molecule has 27 heavy (non-hydrogen) atoms. The first-order valence-electron chi connectivity index (χ1n) is 9.35. The van der Waals surface area contributed by atoms with Crippen molar-refractivity contribution in [2.45, 2.75) is 20.4 Å². The van der Waals surface area contributed by atoms with E-state index in [0.29, 0.717) is 17.7 Å². The van der Waals surface area contributed by atoms with E-state index in [9.17, 15) is 4.79 Å². The molecule has 0 amide bonds. The van der Waals surface area contributed by atoms with Gasteiger partial charge in [0.2, 0.25) is 0 Å². The van der Waals surface area contributed by atoms with Crippen LogP contribution >= 0.6 is 11.3 Å². The molecule has 0 radical (unpaired) electrons. The minimum atomic E-state index is 0.0262. The average molecular weight is 386 g/mol. The summed E-state index contributed by atoms with van der Waals surface area (Å²) in [6.45, 7) is 8.49. The van der Waals surface area contributed by atoms with Crippen LogP contribution in [0.25, 0.3) is 20.2 Å². The second-order valence-electron chi connectivity index (χ2n) is 6.43. The average Bonchev–Trinajstić information content (AvgIpc) is 2.71. The summed E-state index contributed by atoms with van der Waals surface area (Å²) < 4.78 is 7.22. The first-order chi connectivity index (χ1) is 13.1. The molecule has 0 aliphatic heterocycles. The van der Waals surface area contributed by atoms with Gasteiger partial charge in [-0.2, -0.15) is 0 Å². The van der Waals surface area contributed by atoms with Gasteiger partial charge >= 0.3 is 0 Å². The Balaban J connectivity index is 2.11. The molecule has 2 aromatic carbocycles. The van der Waals surface area contributed by atoms with Crippen molar-refractivity contribution >= 4 is 37.2 Å². The Morgan fingerprint density at radius 2 is 1.96 bits per heavy atom. The molecule has 0 aliphatic carbocycles. The summed E-state index contributed by atoms with van der Waals surface area (Å²) in [5.41, 5.74) is 7.84. The minimum Gasteiger partial charge on any atom is -0.497 e. The summed E-state index contributed by atoms with van der Waals surface area (Å²) in [6, 6.07) is 9.65. The maximum atomic E-state index is 13.3. The van der Waals surface area contributed by atoms with Crippen molar-refractivity contribution in [2.24, 2.45) is 5.73 Å². The summed E-state index contributed by atoms with van der Waals surface area (Å²) in [7, 11) is 1.61. The maximum absolute atomic E-state index is 13.3. The number of rotatable bonds is 8. The number of ether oxygens (including phenoxy) is 1. The fourth-order valence-corrected chi connectivity index (χ4v) is 4.52. The van der Waals surface area contributed by atoms with Crippen LogP contribution in [0.3, 0.4) is 0 Å². The van der Waals surface area contributed by atoms with Crippen molar-refractivity contribution in [2.75, 3.05) is 38.6 Å². The van der Waals surface area contributed by atoms with Crippen molar-refractivity contribution in [3.05, 3.63) is 46.1 Å². The highest BCUT2D eigenvalue weighted by atomic mass is 32.1. The highest BCUT2D eigenvalue weighted by molar-refractivity contribution is 7.24. The van der Waals surface area contributed by atoms with Gasteiger partial charge in [-0.15, -0.1) is 11.3 Å². The third-order valence-corrected chi connectivity index (χ3v) is 6.21. The second-order valence-corrected chi connectivity index (χ2v) is 7.48. The van der Waals surface area contributed by atoms with Crippen LogP contribution in [0.2, 0.25) is 0 Å². The number of nitrogens with zero attached hydrogens (tertiary/aromatic N) is 1. The van der Waals surface area contributed by atoms with Crippen molar-refractivity contribution in [3.8, 4) is 5.75 Å². The van der Waals surface area contributed by atoms with Gasteiger partial charge in [-0.3, -0.25) is 4.79 Å². The number of benzene rings is 2. The van der Waals surface area contributed by atoms with Gasteiger partial charge in [-0.1, -0.05) is 19.9 Å². The summed E-state index contributed by atoms with van der Waals surface area (Å²) in [5, 5.41) is 4.88. The zero-order valence-corrected chi connectivity index (χ0v) is 17.0. The van der Waals surface area contributed by atoms with E-state index in [0.717, 1.165) is 52.2 Å². The molecule has 0 unspecified atom stereocenters. The van der Waals surface area contributed by atoms with Gasteiger partial charge in [0.1, 0.15) is 5.75 Å². The lowest BCUT2D eigenvalue weighted by Crippen LogP contribution is -2.28. The summed E-state index contributed by atoms with van der Waals surface area (Å²) >= 11 is 1.61. The first-order valence-corrected chi connectivity index (χ1v) is 10.2. The van der Waals surface area contributed by atoms with Gasteiger partial charge in [0.25, 0.3) is 0 Å². The van der Waals surface area contributed by atoms with E-state index in [4.69, 9.17) is 10.5 Å². The van der Waals surface area contributed by atoms with Crippen LogP contribution in [0, 0.1) is 0 Å². The SMILES string of the molecule is CCN(CC)CCNc1ccc(CN)c2sc3ccc(OC)cc3c(=O)c12. The van der Waals surface area contributed by atoms with Crippen LogP contribution in [-0.2, 0) is 6.54 Å². The molecule has 3 N–H and O–H groups in total. The van der Waals surface area contributed by atoms with Crippen molar-refractivity contribution in [1.29, 1.82) is 0 Å². The third kappa shape index (κ3) is 3.93. The molecule has 6 heteroatoms. The molecule has 0 atom stereocenters. The van der Waals surface area contributed by atoms with Gasteiger partial charge in [0.05, 0.1) is 12.5 Å². The van der Waals surface area contributed by atoms with Crippen molar-refractivity contribution in [1.82, 2.24) is 4.90 Å². The van der Waals surface area contributed by atoms with E-state index in [1.54, 1.807) is 18.4 Å². The number of methoxy groups -OCH3 is 1. The Labute approximate surface area is 163 Å². The normalized spacial score (nSPS) is 11.4. The maximum Gasteiger partial charge on any atom is 0.198 e. The lowest BCUT2D eigenvalue weighted by Gasteiger charge is -2.19. The number of hydrogen-bond acceptors (Lipinski definition) is 6. The van der Waals surface area contributed by atoms with Crippen LogP contribution in [0.5, 0.6) is 5.75 Å². The molecule has 144 valence electrons. The third-order valence-electron chi connectivity index (χ3n) is 4.97. The predicted octanol–water partition coefficient (Wildman–Crippen LogP) is 3.64. The number of anilines is 1. The molecule has 0 aliphatic rings. The monoisotopic (exact) mass is 385 g/mol. The van der Waals surface area contributed by atoms with Crippen LogP contribution in [0.1, 0.15) is 19.4 Å². The van der Waals surface area contributed by atoms with E-state index in [2.05, 4.69) is 24.1 Å². The zero-order valence-electron chi connectivity index (χ0n) is 16.2. The number of hydrogen-bond donors (Lipinski definition) is 2. The summed E-state index contributed by atoms with van der Waals surface area (Å²) in [6.07, 6.45) is 0. The van der Waals surface area contributed by atoms with E-state index < -0.39 is 0 Å². The van der Waals surface area contributed by atoms with Gasteiger partial charge in [-0.25, -0.2) is 0 Å². The highest BCUT2D eigenvalue weighted by Crippen LogP contribution is 2.33. The minimum absolute atomic E-state index is 0.0262.